The van der Waals surface area contributed by atoms with Crippen LogP contribution in [0.25, 0.3) is 0 Å². The van der Waals surface area contributed by atoms with Crippen LogP contribution < -0.4 is 0 Å². The topological polar surface area (TPSA) is 40.5 Å². The van der Waals surface area contributed by atoms with E-state index in [1.807, 2.05) is 6.92 Å². The number of hydrogen-bond acceptors (Lipinski definition) is 2. The summed E-state index contributed by atoms with van der Waals surface area (Å²) in [4.78, 5) is 14.1. The molecule has 1 aromatic rings. The first-order valence-electron chi connectivity index (χ1n) is 6.26. The van der Waals surface area contributed by atoms with Crippen LogP contribution >= 0.6 is 11.6 Å². The van der Waals surface area contributed by atoms with Gasteiger partial charge >= 0.3 is 0 Å². The number of benzene rings is 1. The van der Waals surface area contributed by atoms with Gasteiger partial charge in [-0.05, 0) is 37.8 Å². The largest absolute Gasteiger partial charge is 0.507 e. The van der Waals surface area contributed by atoms with Crippen molar-refractivity contribution in [2.24, 2.45) is 5.92 Å². The number of aromatic hydroxyl groups is 1. The Hall–Kier alpha value is -1.22. The van der Waals surface area contributed by atoms with Crippen LogP contribution in [-0.4, -0.2) is 34.9 Å². The number of alkyl halides is 1. The SMILES string of the molecule is Cc1ccc(O)c(C(=O)N2CCC(CCl)CC2)c1. The minimum atomic E-state index is -0.0794. The zero-order valence-electron chi connectivity index (χ0n) is 10.5. The lowest BCUT2D eigenvalue weighted by molar-refractivity contribution is 0.0695. The van der Waals surface area contributed by atoms with Gasteiger partial charge in [0.15, 0.2) is 0 Å². The molecule has 18 heavy (non-hydrogen) atoms. The third kappa shape index (κ3) is 2.78. The smallest absolute Gasteiger partial charge is 0.257 e. The number of carbonyl (C=O) groups is 1. The van der Waals surface area contributed by atoms with E-state index in [-0.39, 0.29) is 11.7 Å². The Balaban J connectivity index is 2.10. The molecule has 1 N–H and O–H groups in total. The average Bonchev–Trinajstić information content (AvgIpc) is 2.41. The Kier molecular flexibility index (Phi) is 4.12. The monoisotopic (exact) mass is 267 g/mol. The zero-order chi connectivity index (χ0) is 13.1. The van der Waals surface area contributed by atoms with Crippen molar-refractivity contribution in [3.8, 4) is 5.75 Å². The molecule has 1 aliphatic rings. The fourth-order valence-electron chi connectivity index (χ4n) is 2.28. The van der Waals surface area contributed by atoms with Crippen LogP contribution in [0.3, 0.4) is 0 Å². The van der Waals surface area contributed by atoms with E-state index < -0.39 is 0 Å². The fourth-order valence-corrected chi connectivity index (χ4v) is 2.59. The summed E-state index contributed by atoms with van der Waals surface area (Å²) >= 11 is 5.83. The molecule has 4 heteroatoms. The number of piperidine rings is 1. The van der Waals surface area contributed by atoms with E-state index in [0.29, 0.717) is 17.4 Å². The first kappa shape index (κ1) is 13.2. The molecule has 1 aliphatic heterocycles. The summed E-state index contributed by atoms with van der Waals surface area (Å²) in [6, 6.07) is 5.12. The van der Waals surface area contributed by atoms with Gasteiger partial charge in [-0.2, -0.15) is 0 Å². The molecule has 1 aromatic carbocycles. The standard InChI is InChI=1S/C14H18ClNO2/c1-10-2-3-13(17)12(8-10)14(18)16-6-4-11(9-15)5-7-16/h2-3,8,11,17H,4-7,9H2,1H3. The van der Waals surface area contributed by atoms with Crippen LogP contribution in [0.1, 0.15) is 28.8 Å². The zero-order valence-corrected chi connectivity index (χ0v) is 11.3. The summed E-state index contributed by atoms with van der Waals surface area (Å²) in [6.07, 6.45) is 1.89. The normalized spacial score (nSPS) is 16.9. The molecule has 1 fully saturated rings. The average molecular weight is 268 g/mol. The first-order chi connectivity index (χ1) is 8.61. The second-order valence-corrected chi connectivity index (χ2v) is 5.22. The molecule has 1 heterocycles. The number of rotatable bonds is 2. The number of halogens is 1. The van der Waals surface area contributed by atoms with Crippen molar-refractivity contribution in [1.82, 2.24) is 4.90 Å². The van der Waals surface area contributed by atoms with E-state index in [9.17, 15) is 9.90 Å². The molecule has 1 amide bonds. The predicted octanol–water partition coefficient (Wildman–Crippen LogP) is 2.79. The maximum Gasteiger partial charge on any atom is 0.257 e. The maximum absolute atomic E-state index is 12.3. The Morgan fingerprint density at radius 3 is 2.72 bits per heavy atom. The molecule has 2 rings (SSSR count). The molecule has 0 bridgehead atoms. The van der Waals surface area contributed by atoms with Gasteiger partial charge in [0.1, 0.15) is 5.75 Å². The number of hydrogen-bond donors (Lipinski definition) is 1. The van der Waals surface area contributed by atoms with Gasteiger partial charge in [0.25, 0.3) is 5.91 Å². The maximum atomic E-state index is 12.3. The van der Waals surface area contributed by atoms with Crippen LogP contribution in [0.15, 0.2) is 18.2 Å². The fraction of sp³-hybridized carbons (Fsp3) is 0.500. The highest BCUT2D eigenvalue weighted by Crippen LogP contribution is 2.24. The Morgan fingerprint density at radius 2 is 2.11 bits per heavy atom. The van der Waals surface area contributed by atoms with E-state index in [0.717, 1.165) is 31.5 Å². The molecule has 0 unspecified atom stereocenters. The lowest BCUT2D eigenvalue weighted by Crippen LogP contribution is -2.38. The van der Waals surface area contributed by atoms with Crippen molar-refractivity contribution in [2.45, 2.75) is 19.8 Å². The summed E-state index contributed by atoms with van der Waals surface area (Å²) in [7, 11) is 0. The minimum absolute atomic E-state index is 0.0602. The number of phenols is 1. The number of amides is 1. The van der Waals surface area contributed by atoms with E-state index in [4.69, 9.17) is 11.6 Å². The van der Waals surface area contributed by atoms with Crippen molar-refractivity contribution in [3.05, 3.63) is 29.3 Å². The van der Waals surface area contributed by atoms with E-state index in [1.54, 1.807) is 23.1 Å². The van der Waals surface area contributed by atoms with Gasteiger partial charge in [0, 0.05) is 19.0 Å². The number of phenolic OH excluding ortho intramolecular Hbond substituents is 1. The number of likely N-dealkylation sites (tertiary alicyclic amines) is 1. The van der Waals surface area contributed by atoms with Gasteiger partial charge in [-0.15, -0.1) is 11.6 Å². The third-order valence-corrected chi connectivity index (χ3v) is 3.94. The van der Waals surface area contributed by atoms with E-state index in [2.05, 4.69) is 0 Å². The molecule has 0 aliphatic carbocycles. The van der Waals surface area contributed by atoms with Crippen molar-refractivity contribution in [1.29, 1.82) is 0 Å². The highest BCUT2D eigenvalue weighted by atomic mass is 35.5. The molecular formula is C14H18ClNO2. The molecular weight excluding hydrogens is 250 g/mol. The van der Waals surface area contributed by atoms with Gasteiger partial charge < -0.3 is 10.0 Å². The second-order valence-electron chi connectivity index (χ2n) is 4.91. The molecule has 0 atom stereocenters. The van der Waals surface area contributed by atoms with Crippen molar-refractivity contribution in [2.75, 3.05) is 19.0 Å². The summed E-state index contributed by atoms with van der Waals surface area (Å²) in [6.45, 7) is 3.36. The highest BCUT2D eigenvalue weighted by Gasteiger charge is 2.24. The lowest BCUT2D eigenvalue weighted by Gasteiger charge is -2.31. The van der Waals surface area contributed by atoms with Crippen LogP contribution in [0.4, 0.5) is 0 Å². The molecule has 0 saturated carbocycles. The van der Waals surface area contributed by atoms with Crippen LogP contribution in [0.2, 0.25) is 0 Å². The van der Waals surface area contributed by atoms with Gasteiger partial charge in [-0.3, -0.25) is 4.79 Å². The van der Waals surface area contributed by atoms with Crippen molar-refractivity contribution in [3.63, 3.8) is 0 Å². The van der Waals surface area contributed by atoms with Crippen LogP contribution in [0.5, 0.6) is 5.75 Å². The highest BCUT2D eigenvalue weighted by molar-refractivity contribution is 6.18. The van der Waals surface area contributed by atoms with Gasteiger partial charge in [0.2, 0.25) is 0 Å². The Bertz CT molecular complexity index is 439. The van der Waals surface area contributed by atoms with Gasteiger partial charge in [-0.25, -0.2) is 0 Å². The number of nitrogens with zero attached hydrogens (tertiary/aromatic N) is 1. The number of aryl methyl sites for hydroxylation is 1. The first-order valence-corrected chi connectivity index (χ1v) is 6.80. The van der Waals surface area contributed by atoms with Crippen molar-refractivity contribution < 1.29 is 9.90 Å². The van der Waals surface area contributed by atoms with Crippen LogP contribution in [0, 0.1) is 12.8 Å². The summed E-state index contributed by atoms with van der Waals surface area (Å²) < 4.78 is 0. The van der Waals surface area contributed by atoms with Gasteiger partial charge in [0.05, 0.1) is 5.56 Å². The molecule has 3 nitrogen and oxygen atoms in total. The molecule has 0 aromatic heterocycles. The van der Waals surface area contributed by atoms with Crippen molar-refractivity contribution >= 4 is 17.5 Å². The van der Waals surface area contributed by atoms with Crippen LogP contribution in [-0.2, 0) is 0 Å². The summed E-state index contributed by atoms with van der Waals surface area (Å²) in [5, 5.41) is 9.77. The third-order valence-electron chi connectivity index (χ3n) is 3.50. The lowest BCUT2D eigenvalue weighted by atomic mass is 9.98. The van der Waals surface area contributed by atoms with E-state index in [1.165, 1.54) is 0 Å². The molecule has 98 valence electrons. The number of carbonyl (C=O) groups excluding carboxylic acids is 1. The predicted molar refractivity (Wildman–Crippen MR) is 72.2 cm³/mol. The minimum Gasteiger partial charge on any atom is -0.507 e. The molecule has 0 spiro atoms. The quantitative estimate of drug-likeness (QED) is 0.837. The summed E-state index contributed by atoms with van der Waals surface area (Å²) in [5.74, 6) is 1.16. The second kappa shape index (κ2) is 5.61. The van der Waals surface area contributed by atoms with E-state index >= 15 is 0 Å². The van der Waals surface area contributed by atoms with Gasteiger partial charge in [-0.1, -0.05) is 11.6 Å². The Labute approximate surface area is 112 Å². The Morgan fingerprint density at radius 1 is 1.44 bits per heavy atom. The molecule has 0 radical (unpaired) electrons. The summed E-state index contributed by atoms with van der Waals surface area (Å²) in [5.41, 5.74) is 1.38. The molecule has 1 saturated heterocycles.